The third-order valence-corrected chi connectivity index (χ3v) is 3.45. The second-order valence-corrected chi connectivity index (χ2v) is 5.44. The van der Waals surface area contributed by atoms with Crippen LogP contribution in [0.25, 0.3) is 11.1 Å². The van der Waals surface area contributed by atoms with E-state index in [1.54, 1.807) is 19.9 Å². The third-order valence-electron chi connectivity index (χ3n) is 3.45. The summed E-state index contributed by atoms with van der Waals surface area (Å²) in [5.41, 5.74) is 0.624. The second-order valence-electron chi connectivity index (χ2n) is 5.44. The Labute approximate surface area is 130 Å². The summed E-state index contributed by atoms with van der Waals surface area (Å²) in [5.74, 6) is 0.154. The molecule has 2 aromatic rings. The summed E-state index contributed by atoms with van der Waals surface area (Å²) in [5, 5.41) is 3.90. The quantitative estimate of drug-likeness (QED) is 0.567. The molecule has 0 atom stereocenters. The van der Waals surface area contributed by atoms with Crippen molar-refractivity contribution < 1.29 is 17.9 Å². The first-order valence-corrected chi connectivity index (χ1v) is 6.97. The maximum atomic E-state index is 13.4. The van der Waals surface area contributed by atoms with Crippen LogP contribution in [-0.2, 0) is 6.18 Å². The van der Waals surface area contributed by atoms with Gasteiger partial charge in [0.2, 0.25) is 0 Å². The smallest absolute Gasteiger partial charge is 0.417 e. The summed E-state index contributed by atoms with van der Waals surface area (Å²) in [6, 6.07) is 8.45. The number of rotatable bonds is 4. The van der Waals surface area contributed by atoms with Crippen LogP contribution in [0.5, 0.6) is 5.75 Å². The largest absolute Gasteiger partial charge is 0.490 e. The molecular weight excluding hydrogens is 309 g/mol. The Morgan fingerprint density at radius 3 is 2.48 bits per heavy atom. The number of benzene rings is 2. The van der Waals surface area contributed by atoms with E-state index in [1.807, 2.05) is 0 Å². The zero-order chi connectivity index (χ0) is 16.8. The Hall–Kier alpha value is -2.57. The lowest BCUT2D eigenvalue weighted by atomic mass is 9.98. The van der Waals surface area contributed by atoms with Crippen LogP contribution in [-0.4, -0.2) is 6.10 Å². The predicted molar refractivity (Wildman–Crippen MR) is 80.6 cm³/mol. The number of halogens is 3. The van der Waals surface area contributed by atoms with Crippen LogP contribution in [0.15, 0.2) is 41.7 Å². The minimum atomic E-state index is -4.51. The molecule has 0 radical (unpaired) electrons. The molecule has 0 saturated carbocycles. The molecule has 0 aromatic heterocycles. The number of anilines is 2. The summed E-state index contributed by atoms with van der Waals surface area (Å²) in [6.07, 6.45) is -4.78. The van der Waals surface area contributed by atoms with Crippen molar-refractivity contribution in [3.8, 4) is 16.9 Å². The lowest BCUT2D eigenvalue weighted by Crippen LogP contribution is -2.11. The topological polar surface area (TPSA) is 41.7 Å². The van der Waals surface area contributed by atoms with Crippen LogP contribution < -0.4 is 9.75 Å². The Morgan fingerprint density at radius 1 is 1.13 bits per heavy atom. The molecule has 0 unspecified atom stereocenters. The van der Waals surface area contributed by atoms with Gasteiger partial charge >= 0.3 is 6.18 Å². The monoisotopic (exact) mass is 322 g/mol. The number of fused-ring (bicyclic) bond motifs is 1. The average Bonchev–Trinajstić information content (AvgIpc) is 3.17. The van der Waals surface area contributed by atoms with Gasteiger partial charge in [-0.1, -0.05) is 12.1 Å². The second kappa shape index (κ2) is 5.26. The fourth-order valence-corrected chi connectivity index (χ4v) is 2.50. The normalized spacial score (nSPS) is 13.0. The zero-order valence-electron chi connectivity index (χ0n) is 12.4. The molecule has 4 nitrogen and oxygen atoms in total. The first-order chi connectivity index (χ1) is 10.8. The van der Waals surface area contributed by atoms with E-state index in [2.05, 4.69) is 5.29 Å². The van der Waals surface area contributed by atoms with Crippen LogP contribution in [0.2, 0.25) is 0 Å². The van der Waals surface area contributed by atoms with Gasteiger partial charge in [-0.2, -0.15) is 18.2 Å². The maximum Gasteiger partial charge on any atom is 0.417 e. The minimum absolute atomic E-state index is 0.0331. The van der Waals surface area contributed by atoms with Gasteiger partial charge in [0.25, 0.3) is 0 Å². The van der Waals surface area contributed by atoms with Gasteiger partial charge in [-0.3, -0.25) is 0 Å². The molecule has 0 amide bonds. The Balaban J connectivity index is 2.16. The molecule has 0 bridgehead atoms. The average molecular weight is 322 g/mol. The third kappa shape index (κ3) is 2.74. The fraction of sp³-hybridized carbons (Fsp3) is 0.250. The molecule has 23 heavy (non-hydrogen) atoms. The summed E-state index contributed by atoms with van der Waals surface area (Å²) in [7, 11) is 0. The first-order valence-electron chi connectivity index (χ1n) is 6.97. The van der Waals surface area contributed by atoms with E-state index in [-0.39, 0.29) is 17.4 Å². The van der Waals surface area contributed by atoms with Crippen LogP contribution in [0.1, 0.15) is 19.4 Å². The van der Waals surface area contributed by atoms with Crippen molar-refractivity contribution in [1.29, 1.82) is 0 Å². The van der Waals surface area contributed by atoms with Gasteiger partial charge in [-0.15, -0.1) is 4.91 Å². The molecule has 0 saturated heterocycles. The van der Waals surface area contributed by atoms with E-state index in [0.717, 1.165) is 11.1 Å². The molecule has 0 spiro atoms. The highest BCUT2D eigenvalue weighted by molar-refractivity contribution is 5.95. The molecule has 1 aliphatic heterocycles. The van der Waals surface area contributed by atoms with Gasteiger partial charge in [-0.05, 0) is 43.7 Å². The van der Waals surface area contributed by atoms with Crippen molar-refractivity contribution in [3.05, 3.63) is 46.9 Å². The van der Waals surface area contributed by atoms with Gasteiger partial charge in [0, 0.05) is 5.56 Å². The van der Waals surface area contributed by atoms with E-state index in [0.29, 0.717) is 16.9 Å². The van der Waals surface area contributed by atoms with Gasteiger partial charge in [0.05, 0.1) is 28.3 Å². The molecule has 7 heteroatoms. The number of nitroso groups, excluding NO2 is 1. The van der Waals surface area contributed by atoms with Gasteiger partial charge in [0.1, 0.15) is 5.75 Å². The summed E-state index contributed by atoms with van der Waals surface area (Å²) in [4.78, 5) is 10.6. The molecule has 3 rings (SSSR count). The number of ether oxygens (including phenoxy) is 1. The Bertz CT molecular complexity index is 772. The molecule has 1 aliphatic rings. The SMILES string of the molecule is CC(C)Oc1cccc(C(F)(F)F)c1-c1ccc2c(c1)N2N=O. The summed E-state index contributed by atoms with van der Waals surface area (Å²) in [6.45, 7) is 3.49. The van der Waals surface area contributed by atoms with Crippen molar-refractivity contribution in [1.82, 2.24) is 0 Å². The van der Waals surface area contributed by atoms with Crippen molar-refractivity contribution in [2.24, 2.45) is 5.29 Å². The van der Waals surface area contributed by atoms with Crippen LogP contribution >= 0.6 is 0 Å². The highest BCUT2D eigenvalue weighted by Crippen LogP contribution is 2.51. The van der Waals surface area contributed by atoms with Gasteiger partial charge in [-0.25, -0.2) is 0 Å². The number of hydrogen-bond donors (Lipinski definition) is 0. The number of alkyl halides is 3. The minimum Gasteiger partial charge on any atom is -0.490 e. The van der Waals surface area contributed by atoms with Crippen LogP contribution in [0.3, 0.4) is 0 Å². The molecule has 120 valence electrons. The highest BCUT2D eigenvalue weighted by Gasteiger charge is 2.37. The summed E-state index contributed by atoms with van der Waals surface area (Å²) < 4.78 is 45.7. The number of hydrogen-bond acceptors (Lipinski definition) is 3. The van der Waals surface area contributed by atoms with Crippen molar-refractivity contribution in [3.63, 3.8) is 0 Å². The zero-order valence-corrected chi connectivity index (χ0v) is 12.4. The van der Waals surface area contributed by atoms with Crippen molar-refractivity contribution in [2.75, 3.05) is 5.01 Å². The summed E-state index contributed by atoms with van der Waals surface area (Å²) >= 11 is 0. The first kappa shape index (κ1) is 15.3. The van der Waals surface area contributed by atoms with Gasteiger partial charge in [0.15, 0.2) is 0 Å². The van der Waals surface area contributed by atoms with Crippen LogP contribution in [0, 0.1) is 4.91 Å². The molecular formula is C16H13F3N2O2. The number of nitrogens with zero attached hydrogens (tertiary/aromatic N) is 2. The molecule has 0 N–H and O–H groups in total. The molecule has 1 heterocycles. The van der Waals surface area contributed by atoms with E-state index in [9.17, 15) is 18.1 Å². The highest BCUT2D eigenvalue weighted by atomic mass is 19.4. The van der Waals surface area contributed by atoms with E-state index < -0.39 is 11.7 Å². The maximum absolute atomic E-state index is 13.4. The van der Waals surface area contributed by atoms with Crippen LogP contribution in [0.4, 0.5) is 24.5 Å². The van der Waals surface area contributed by atoms with E-state index in [4.69, 9.17) is 4.74 Å². The molecule has 0 aliphatic carbocycles. The van der Waals surface area contributed by atoms with E-state index in [1.165, 1.54) is 24.3 Å². The Kier molecular flexibility index (Phi) is 3.50. The van der Waals surface area contributed by atoms with Crippen molar-refractivity contribution >= 4 is 11.4 Å². The Morgan fingerprint density at radius 2 is 1.87 bits per heavy atom. The predicted octanol–water partition coefficient (Wildman–Crippen LogP) is 5.29. The van der Waals surface area contributed by atoms with Gasteiger partial charge < -0.3 is 4.74 Å². The lowest BCUT2D eigenvalue weighted by Gasteiger charge is -2.19. The van der Waals surface area contributed by atoms with Crippen molar-refractivity contribution in [2.45, 2.75) is 26.1 Å². The standard InChI is InChI=1S/C16H13F3N2O2/c1-9(2)23-14-5-3-4-11(16(17,18)19)15(14)10-6-7-12-13(8-10)21(12)20-22/h3-9H,1-2H3. The lowest BCUT2D eigenvalue weighted by molar-refractivity contribution is -0.137. The fourth-order valence-electron chi connectivity index (χ4n) is 2.50. The van der Waals surface area contributed by atoms with E-state index >= 15 is 0 Å². The molecule has 0 fully saturated rings. The molecule has 2 aromatic carbocycles.